The topological polar surface area (TPSA) is 116 Å². The average molecular weight is 356 g/mol. The van der Waals surface area contributed by atoms with E-state index < -0.39 is 43.3 Å². The van der Waals surface area contributed by atoms with E-state index >= 15 is 0 Å². The van der Waals surface area contributed by atoms with Crippen LogP contribution in [-0.2, 0) is 14.3 Å². The number of aliphatic hydroxyl groups excluding tert-OH is 4. The Morgan fingerprint density at radius 1 is 1.36 bits per heavy atom. The number of ether oxygens (including phenoxy) is 2. The largest absolute Gasteiger partial charge is 0.432 e. The van der Waals surface area contributed by atoms with Crippen molar-refractivity contribution in [2.45, 2.75) is 70.2 Å². The molecule has 25 heavy (non-hydrogen) atoms. The lowest BCUT2D eigenvalue weighted by Gasteiger charge is -2.39. The van der Waals surface area contributed by atoms with E-state index in [0.29, 0.717) is 0 Å². The van der Waals surface area contributed by atoms with Gasteiger partial charge in [-0.1, -0.05) is 24.1 Å². The van der Waals surface area contributed by atoms with E-state index in [4.69, 9.17) is 9.47 Å². The number of allylic oxidation sites excluding steroid dienone is 2. The third-order valence-electron chi connectivity index (χ3n) is 5.32. The fourth-order valence-electron chi connectivity index (χ4n) is 3.57. The Labute approximate surface area is 147 Å². The molecule has 1 aliphatic heterocycles. The summed E-state index contributed by atoms with van der Waals surface area (Å²) >= 11 is 0. The summed E-state index contributed by atoms with van der Waals surface area (Å²) in [5.74, 6) is -0.603. The first-order valence-electron chi connectivity index (χ1n) is 8.56. The fraction of sp³-hybridized carbons (Fsp3) is 0.722. The molecule has 0 bridgehead atoms. The highest BCUT2D eigenvalue weighted by molar-refractivity contribution is 5.73. The van der Waals surface area contributed by atoms with Gasteiger partial charge in [0.25, 0.3) is 0 Å². The molecular formula is C18H28O7. The Morgan fingerprint density at radius 2 is 2.04 bits per heavy atom. The SMILES string of the molecule is C=CC1(C)CCCC(C)=C1CC(=O)OC1OC(CO)C(O)C(O)C1O. The van der Waals surface area contributed by atoms with Crippen LogP contribution in [0.25, 0.3) is 0 Å². The molecule has 1 aliphatic carbocycles. The molecule has 0 aromatic rings. The summed E-state index contributed by atoms with van der Waals surface area (Å²) in [4.78, 5) is 12.4. The zero-order valence-corrected chi connectivity index (χ0v) is 14.7. The minimum absolute atomic E-state index is 0.0311. The minimum Gasteiger partial charge on any atom is -0.432 e. The molecule has 0 spiro atoms. The highest BCUT2D eigenvalue weighted by Gasteiger charge is 2.45. The summed E-state index contributed by atoms with van der Waals surface area (Å²) in [6.45, 7) is 7.31. The minimum atomic E-state index is -1.59. The fourth-order valence-corrected chi connectivity index (χ4v) is 3.57. The van der Waals surface area contributed by atoms with Gasteiger partial charge < -0.3 is 29.9 Å². The maximum Gasteiger partial charge on any atom is 0.312 e. The van der Waals surface area contributed by atoms with E-state index in [1.165, 1.54) is 0 Å². The predicted molar refractivity (Wildman–Crippen MR) is 89.3 cm³/mol. The predicted octanol–water partition coefficient (Wildman–Crippen LogP) is 0.412. The standard InChI is InChI=1S/C18H28O7/c1-4-18(3)7-5-6-10(2)11(18)8-13(20)25-17-16(23)15(22)14(21)12(9-19)24-17/h4,12,14-17,19,21-23H,1,5-9H2,2-3H3. The molecular weight excluding hydrogens is 328 g/mol. The van der Waals surface area contributed by atoms with Gasteiger partial charge in [-0.15, -0.1) is 6.58 Å². The number of carbonyl (C=O) groups excluding carboxylic acids is 1. The van der Waals surface area contributed by atoms with Crippen LogP contribution in [0.15, 0.2) is 23.8 Å². The van der Waals surface area contributed by atoms with Gasteiger partial charge in [0.05, 0.1) is 13.0 Å². The first-order chi connectivity index (χ1) is 11.7. The number of hydrogen-bond donors (Lipinski definition) is 4. The number of esters is 1. The van der Waals surface area contributed by atoms with E-state index in [1.54, 1.807) is 0 Å². The highest BCUT2D eigenvalue weighted by atomic mass is 16.7. The van der Waals surface area contributed by atoms with Crippen LogP contribution < -0.4 is 0 Å². The first kappa shape index (κ1) is 20.1. The van der Waals surface area contributed by atoms with E-state index in [2.05, 4.69) is 6.58 Å². The number of carbonyl (C=O) groups is 1. The van der Waals surface area contributed by atoms with Gasteiger partial charge >= 0.3 is 5.97 Å². The smallest absolute Gasteiger partial charge is 0.312 e. The Morgan fingerprint density at radius 3 is 2.64 bits per heavy atom. The molecule has 1 heterocycles. The molecule has 2 rings (SSSR count). The zero-order chi connectivity index (χ0) is 18.8. The van der Waals surface area contributed by atoms with Gasteiger partial charge in [-0.25, -0.2) is 0 Å². The van der Waals surface area contributed by atoms with Crippen LogP contribution in [0.2, 0.25) is 0 Å². The molecule has 0 radical (unpaired) electrons. The molecule has 0 aromatic carbocycles. The Balaban J connectivity index is 2.07. The summed E-state index contributed by atoms with van der Waals surface area (Å²) in [6.07, 6.45) is -2.49. The monoisotopic (exact) mass is 356 g/mol. The van der Waals surface area contributed by atoms with E-state index in [0.717, 1.165) is 30.4 Å². The van der Waals surface area contributed by atoms with E-state index in [9.17, 15) is 25.2 Å². The molecule has 1 fully saturated rings. The summed E-state index contributed by atoms with van der Waals surface area (Å²) < 4.78 is 10.4. The van der Waals surface area contributed by atoms with Crippen LogP contribution in [0.4, 0.5) is 0 Å². The summed E-state index contributed by atoms with van der Waals surface area (Å²) in [5.41, 5.74) is 1.79. The van der Waals surface area contributed by atoms with Crippen LogP contribution in [0, 0.1) is 5.41 Å². The molecule has 1 saturated heterocycles. The van der Waals surface area contributed by atoms with Crippen LogP contribution in [0.1, 0.15) is 39.5 Å². The van der Waals surface area contributed by atoms with Crippen LogP contribution >= 0.6 is 0 Å². The van der Waals surface area contributed by atoms with Crippen LogP contribution in [-0.4, -0.2) is 63.7 Å². The van der Waals surface area contributed by atoms with Gasteiger partial charge in [0, 0.05) is 5.41 Å². The van der Waals surface area contributed by atoms with Crippen molar-refractivity contribution >= 4 is 5.97 Å². The maximum atomic E-state index is 12.4. The number of hydrogen-bond acceptors (Lipinski definition) is 7. The van der Waals surface area contributed by atoms with Gasteiger partial charge in [0.15, 0.2) is 0 Å². The molecule has 6 unspecified atom stereocenters. The van der Waals surface area contributed by atoms with Gasteiger partial charge in [-0.2, -0.15) is 0 Å². The maximum absolute atomic E-state index is 12.4. The van der Waals surface area contributed by atoms with Crippen molar-refractivity contribution < 1.29 is 34.7 Å². The molecule has 4 N–H and O–H groups in total. The van der Waals surface area contributed by atoms with Gasteiger partial charge in [0.2, 0.25) is 6.29 Å². The lowest BCUT2D eigenvalue weighted by atomic mass is 9.70. The quantitative estimate of drug-likeness (QED) is 0.416. The number of aliphatic hydroxyl groups is 4. The molecule has 0 amide bonds. The highest BCUT2D eigenvalue weighted by Crippen LogP contribution is 2.43. The van der Waals surface area contributed by atoms with E-state index in [-0.39, 0.29) is 11.8 Å². The van der Waals surface area contributed by atoms with Crippen LogP contribution in [0.5, 0.6) is 0 Å². The Bertz CT molecular complexity index is 542. The van der Waals surface area contributed by atoms with Crippen molar-refractivity contribution in [3.8, 4) is 0 Å². The average Bonchev–Trinajstić information content (AvgIpc) is 2.59. The Kier molecular flexibility index (Phi) is 6.40. The molecule has 7 heteroatoms. The van der Waals surface area contributed by atoms with Crippen molar-refractivity contribution in [1.82, 2.24) is 0 Å². The van der Waals surface area contributed by atoms with Crippen molar-refractivity contribution in [3.63, 3.8) is 0 Å². The molecule has 0 aromatic heterocycles. The van der Waals surface area contributed by atoms with Crippen molar-refractivity contribution in [2.75, 3.05) is 6.61 Å². The zero-order valence-electron chi connectivity index (χ0n) is 14.7. The molecule has 7 nitrogen and oxygen atoms in total. The van der Waals surface area contributed by atoms with Gasteiger partial charge in [-0.3, -0.25) is 4.79 Å². The van der Waals surface area contributed by atoms with Crippen molar-refractivity contribution in [1.29, 1.82) is 0 Å². The third kappa shape index (κ3) is 4.12. The van der Waals surface area contributed by atoms with Gasteiger partial charge in [-0.05, 0) is 26.2 Å². The summed E-state index contributed by atoms with van der Waals surface area (Å²) in [7, 11) is 0. The lowest BCUT2D eigenvalue weighted by molar-refractivity contribution is -0.292. The third-order valence-corrected chi connectivity index (χ3v) is 5.32. The molecule has 0 saturated carbocycles. The number of rotatable bonds is 5. The second kappa shape index (κ2) is 7.97. The summed E-state index contributed by atoms with van der Waals surface area (Å²) in [5, 5.41) is 38.6. The second-order valence-corrected chi connectivity index (χ2v) is 7.10. The lowest BCUT2D eigenvalue weighted by Crippen LogP contribution is -2.59. The van der Waals surface area contributed by atoms with E-state index in [1.807, 2.05) is 19.9 Å². The Hall–Kier alpha value is -1.25. The second-order valence-electron chi connectivity index (χ2n) is 7.10. The van der Waals surface area contributed by atoms with Gasteiger partial charge in [0.1, 0.15) is 24.4 Å². The molecule has 2 aliphatic rings. The first-order valence-corrected chi connectivity index (χ1v) is 8.56. The van der Waals surface area contributed by atoms with Crippen molar-refractivity contribution in [2.24, 2.45) is 5.41 Å². The van der Waals surface area contributed by atoms with Crippen molar-refractivity contribution in [3.05, 3.63) is 23.8 Å². The normalized spacial score (nSPS) is 39.2. The summed E-state index contributed by atoms with van der Waals surface area (Å²) in [6, 6.07) is 0. The molecule has 142 valence electrons. The van der Waals surface area contributed by atoms with Crippen LogP contribution in [0.3, 0.4) is 0 Å². The molecule has 6 atom stereocenters.